The van der Waals surface area contributed by atoms with Crippen LogP contribution in [0.3, 0.4) is 0 Å². The molecule has 0 aromatic heterocycles. The zero-order valence-corrected chi connectivity index (χ0v) is 16.8. The molecule has 0 saturated carbocycles. The van der Waals surface area contributed by atoms with E-state index in [2.05, 4.69) is 24.5 Å². The van der Waals surface area contributed by atoms with E-state index >= 15 is 0 Å². The molecule has 0 spiro atoms. The summed E-state index contributed by atoms with van der Waals surface area (Å²) in [6, 6.07) is -0.739. The van der Waals surface area contributed by atoms with E-state index in [4.69, 9.17) is 15.9 Å². The van der Waals surface area contributed by atoms with Crippen molar-refractivity contribution < 1.29 is 19.7 Å². The molecule has 0 aromatic carbocycles. The van der Waals surface area contributed by atoms with E-state index in [9.17, 15) is 15.0 Å². The first-order valence-electron chi connectivity index (χ1n) is 9.20. The number of carboxylic acid groups (broad SMARTS) is 1. The molecule has 0 aliphatic heterocycles. The fourth-order valence-corrected chi connectivity index (χ4v) is 2.45. The van der Waals surface area contributed by atoms with Crippen LogP contribution in [0, 0.1) is 11.3 Å². The molecule has 8 nitrogen and oxygen atoms in total. The quantitative estimate of drug-likeness (QED) is 0.131. The molecule has 0 aromatic rings. The monoisotopic (exact) mass is 396 g/mol. The van der Waals surface area contributed by atoms with Crippen LogP contribution in [0.5, 0.6) is 0 Å². The number of guanidine groups is 1. The van der Waals surface area contributed by atoms with Crippen LogP contribution >= 0.6 is 12.4 Å². The lowest BCUT2D eigenvalue weighted by molar-refractivity contribution is -0.139. The molecule has 0 aliphatic carbocycles. The molecule has 0 aliphatic rings. The number of aliphatic hydroxyl groups is 1. The predicted molar refractivity (Wildman–Crippen MR) is 106 cm³/mol. The Balaban J connectivity index is 0. The SMILES string of the molecule is CCCCC(CC)COCC(O)CN[C@@H](CCCNC(=N)N)C(=O)O.Cl. The van der Waals surface area contributed by atoms with Crippen molar-refractivity contribution in [2.75, 3.05) is 26.3 Å². The summed E-state index contributed by atoms with van der Waals surface area (Å²) < 4.78 is 5.58. The summed E-state index contributed by atoms with van der Waals surface area (Å²) in [5, 5.41) is 31.7. The standard InChI is InChI=1S/C17H36N4O4.ClH/c1-3-5-7-13(4-2)11-25-12-14(22)10-21-15(16(23)24)8-6-9-20-17(18)19;/h13-15,21-22H,3-12H2,1-2H3,(H,23,24)(H4,18,19,20);1H/t13?,14?,15-;/m0./s1. The molecule has 7 N–H and O–H groups in total. The molecule has 0 fully saturated rings. The smallest absolute Gasteiger partial charge is 0.320 e. The van der Waals surface area contributed by atoms with Crippen molar-refractivity contribution in [1.29, 1.82) is 5.41 Å². The highest BCUT2D eigenvalue weighted by molar-refractivity contribution is 5.85. The summed E-state index contributed by atoms with van der Waals surface area (Å²) in [4.78, 5) is 11.2. The van der Waals surface area contributed by atoms with E-state index in [1.54, 1.807) is 0 Å². The first-order chi connectivity index (χ1) is 11.9. The zero-order chi connectivity index (χ0) is 19.1. The van der Waals surface area contributed by atoms with Gasteiger partial charge in [-0.2, -0.15) is 0 Å². The van der Waals surface area contributed by atoms with Gasteiger partial charge < -0.3 is 31.3 Å². The molecule has 0 rings (SSSR count). The molecular weight excluding hydrogens is 360 g/mol. The maximum Gasteiger partial charge on any atom is 0.320 e. The van der Waals surface area contributed by atoms with Gasteiger partial charge in [0, 0.05) is 19.7 Å². The van der Waals surface area contributed by atoms with Crippen molar-refractivity contribution in [3.63, 3.8) is 0 Å². The van der Waals surface area contributed by atoms with Crippen LogP contribution in [0.15, 0.2) is 0 Å². The number of carbonyl (C=O) groups is 1. The first-order valence-corrected chi connectivity index (χ1v) is 9.20. The highest BCUT2D eigenvalue weighted by Gasteiger charge is 2.18. The van der Waals surface area contributed by atoms with E-state index in [-0.39, 0.29) is 31.5 Å². The van der Waals surface area contributed by atoms with E-state index in [1.807, 2.05) is 0 Å². The summed E-state index contributed by atoms with van der Waals surface area (Å²) in [5.74, 6) is -0.570. The minimum absolute atomic E-state index is 0. The van der Waals surface area contributed by atoms with E-state index in [0.717, 1.165) is 12.8 Å². The fraction of sp³-hybridized carbons (Fsp3) is 0.882. The van der Waals surface area contributed by atoms with Crippen molar-refractivity contribution in [1.82, 2.24) is 10.6 Å². The number of hydrogen-bond donors (Lipinski definition) is 6. The maximum atomic E-state index is 11.2. The van der Waals surface area contributed by atoms with Crippen molar-refractivity contribution in [3.05, 3.63) is 0 Å². The number of halogens is 1. The highest BCUT2D eigenvalue weighted by atomic mass is 35.5. The summed E-state index contributed by atoms with van der Waals surface area (Å²) in [6.45, 7) is 5.75. The largest absolute Gasteiger partial charge is 0.480 e. The van der Waals surface area contributed by atoms with Gasteiger partial charge in [-0.15, -0.1) is 12.4 Å². The van der Waals surface area contributed by atoms with E-state index in [1.165, 1.54) is 12.8 Å². The van der Waals surface area contributed by atoms with Gasteiger partial charge in [0.1, 0.15) is 6.04 Å². The Labute approximate surface area is 163 Å². The van der Waals surface area contributed by atoms with Gasteiger partial charge in [-0.3, -0.25) is 10.2 Å². The van der Waals surface area contributed by atoms with Crippen molar-refractivity contribution in [3.8, 4) is 0 Å². The molecule has 0 bridgehead atoms. The lowest BCUT2D eigenvalue weighted by Crippen LogP contribution is -2.42. The van der Waals surface area contributed by atoms with Crippen LogP contribution in [0.25, 0.3) is 0 Å². The summed E-state index contributed by atoms with van der Waals surface area (Å²) >= 11 is 0. The normalized spacial score (nSPS) is 14.1. The first kappa shape index (κ1) is 27.1. The Kier molecular flexibility index (Phi) is 18.1. The molecule has 0 radical (unpaired) electrons. The second kappa shape index (κ2) is 17.3. The van der Waals surface area contributed by atoms with Gasteiger partial charge in [0.25, 0.3) is 0 Å². The number of nitrogens with two attached hydrogens (primary N) is 1. The fourth-order valence-electron chi connectivity index (χ4n) is 2.45. The predicted octanol–water partition coefficient (Wildman–Crippen LogP) is 1.31. The summed E-state index contributed by atoms with van der Waals surface area (Å²) in [7, 11) is 0. The number of aliphatic carboxylic acids is 1. The van der Waals surface area contributed by atoms with Gasteiger partial charge in [0.2, 0.25) is 0 Å². The number of unbranched alkanes of at least 4 members (excludes halogenated alkanes) is 1. The zero-order valence-electron chi connectivity index (χ0n) is 16.0. The number of rotatable bonds is 16. The van der Waals surface area contributed by atoms with E-state index in [0.29, 0.717) is 31.9 Å². The number of hydrogen-bond acceptors (Lipinski definition) is 5. The van der Waals surface area contributed by atoms with E-state index < -0.39 is 18.1 Å². The third-order valence-electron chi connectivity index (χ3n) is 4.09. The van der Waals surface area contributed by atoms with Gasteiger partial charge in [-0.05, 0) is 25.2 Å². The molecule has 2 unspecified atom stereocenters. The van der Waals surface area contributed by atoms with Crippen molar-refractivity contribution in [2.45, 2.75) is 64.5 Å². The Morgan fingerprint density at radius 2 is 1.92 bits per heavy atom. The van der Waals surface area contributed by atoms with Gasteiger partial charge in [-0.1, -0.05) is 33.1 Å². The van der Waals surface area contributed by atoms with Crippen LogP contribution in [0.1, 0.15) is 52.4 Å². The number of nitrogens with one attached hydrogen (secondary N) is 3. The number of aliphatic hydroxyl groups excluding tert-OH is 1. The molecule has 156 valence electrons. The highest BCUT2D eigenvalue weighted by Crippen LogP contribution is 2.12. The maximum absolute atomic E-state index is 11.2. The molecule has 9 heteroatoms. The molecule has 3 atom stereocenters. The summed E-state index contributed by atoms with van der Waals surface area (Å²) in [6.07, 6.45) is 4.76. The Morgan fingerprint density at radius 3 is 2.46 bits per heavy atom. The Morgan fingerprint density at radius 1 is 1.23 bits per heavy atom. The Bertz CT molecular complexity index is 375. The molecule has 0 heterocycles. The third-order valence-corrected chi connectivity index (χ3v) is 4.09. The van der Waals surface area contributed by atoms with Crippen LogP contribution in [0.2, 0.25) is 0 Å². The minimum Gasteiger partial charge on any atom is -0.480 e. The number of ether oxygens (including phenoxy) is 1. The average Bonchev–Trinajstić information content (AvgIpc) is 2.56. The number of carboxylic acids is 1. The van der Waals surface area contributed by atoms with Gasteiger partial charge in [0.05, 0.1) is 12.7 Å². The van der Waals surface area contributed by atoms with Crippen LogP contribution in [-0.4, -0.2) is 60.6 Å². The molecule has 26 heavy (non-hydrogen) atoms. The topological polar surface area (TPSA) is 141 Å². The van der Waals surface area contributed by atoms with Gasteiger partial charge in [-0.25, -0.2) is 0 Å². The molecule has 0 amide bonds. The van der Waals surface area contributed by atoms with Gasteiger partial charge in [0.15, 0.2) is 5.96 Å². The van der Waals surface area contributed by atoms with Crippen molar-refractivity contribution >= 4 is 24.3 Å². The lowest BCUT2D eigenvalue weighted by Gasteiger charge is -2.19. The van der Waals surface area contributed by atoms with Gasteiger partial charge >= 0.3 is 5.97 Å². The van der Waals surface area contributed by atoms with Crippen LogP contribution in [-0.2, 0) is 9.53 Å². The molecular formula is C17H37ClN4O4. The Hall–Kier alpha value is -1.09. The van der Waals surface area contributed by atoms with Crippen LogP contribution in [0.4, 0.5) is 0 Å². The molecule has 0 saturated heterocycles. The van der Waals surface area contributed by atoms with Crippen LogP contribution < -0.4 is 16.4 Å². The second-order valence-electron chi connectivity index (χ2n) is 6.39. The van der Waals surface area contributed by atoms with Crippen molar-refractivity contribution in [2.24, 2.45) is 11.7 Å². The third kappa shape index (κ3) is 15.2. The average molecular weight is 397 g/mol. The second-order valence-corrected chi connectivity index (χ2v) is 6.39. The lowest BCUT2D eigenvalue weighted by atomic mass is 10.0. The minimum atomic E-state index is -0.957. The summed E-state index contributed by atoms with van der Waals surface area (Å²) in [5.41, 5.74) is 5.17.